The summed E-state index contributed by atoms with van der Waals surface area (Å²) in [6.45, 7) is 5.59. The summed E-state index contributed by atoms with van der Waals surface area (Å²) in [6, 6.07) is 0. The highest BCUT2D eigenvalue weighted by Gasteiger charge is 2.17. The molecule has 2 radical (unpaired) electrons. The second-order valence-corrected chi connectivity index (χ2v) is 2.88. The van der Waals surface area contributed by atoms with Crippen molar-refractivity contribution in [2.45, 2.75) is 27.1 Å². The highest BCUT2D eigenvalue weighted by atomic mass is 16.1. The highest BCUT2D eigenvalue weighted by Crippen LogP contribution is 2.15. The Morgan fingerprint density at radius 1 is 1.50 bits per heavy atom. The van der Waals surface area contributed by atoms with Crippen LogP contribution in [0.3, 0.4) is 0 Å². The Morgan fingerprint density at radius 3 is 1.88 bits per heavy atom. The number of rotatable bonds is 1. The van der Waals surface area contributed by atoms with E-state index in [9.17, 15) is 4.79 Å². The van der Waals surface area contributed by atoms with Crippen molar-refractivity contribution in [3.8, 4) is 0 Å². The lowest BCUT2D eigenvalue weighted by atomic mass is 9.83. The van der Waals surface area contributed by atoms with Crippen molar-refractivity contribution in [2.24, 2.45) is 5.41 Å². The van der Waals surface area contributed by atoms with E-state index < -0.39 is 0 Å². The van der Waals surface area contributed by atoms with Crippen molar-refractivity contribution in [1.82, 2.24) is 0 Å². The van der Waals surface area contributed by atoms with Crippen LogP contribution in [0.2, 0.25) is 6.32 Å². The van der Waals surface area contributed by atoms with Gasteiger partial charge in [-0.05, 0) is 6.32 Å². The molecule has 0 saturated carbocycles. The lowest BCUT2D eigenvalue weighted by Gasteiger charge is -2.14. The predicted molar refractivity (Wildman–Crippen MR) is 35.0 cm³/mol. The van der Waals surface area contributed by atoms with E-state index in [-0.39, 0.29) is 17.5 Å². The fourth-order valence-corrected chi connectivity index (χ4v) is 0.306. The maximum absolute atomic E-state index is 10.7. The molecule has 2 heteroatoms. The van der Waals surface area contributed by atoms with Crippen molar-refractivity contribution >= 4 is 13.6 Å². The summed E-state index contributed by atoms with van der Waals surface area (Å²) in [5.41, 5.74) is -0.255. The van der Waals surface area contributed by atoms with Crippen LogP contribution >= 0.6 is 0 Å². The lowest BCUT2D eigenvalue weighted by molar-refractivity contribution is -0.123. The summed E-state index contributed by atoms with van der Waals surface area (Å²) < 4.78 is 0. The Kier molecular flexibility index (Phi) is 2.26. The third kappa shape index (κ3) is 2.15. The molecule has 0 heterocycles. The number of carbonyl (C=O) groups is 1. The first-order valence-corrected chi connectivity index (χ1v) is 2.72. The number of hydrogen-bond acceptors (Lipinski definition) is 1. The van der Waals surface area contributed by atoms with E-state index >= 15 is 0 Å². The van der Waals surface area contributed by atoms with Gasteiger partial charge >= 0.3 is 0 Å². The molecule has 0 spiro atoms. The smallest absolute Gasteiger partial charge is 0.129 e. The van der Waals surface area contributed by atoms with Crippen molar-refractivity contribution in [3.63, 3.8) is 0 Å². The van der Waals surface area contributed by atoms with E-state index in [1.165, 1.54) is 0 Å². The lowest BCUT2D eigenvalue weighted by Crippen LogP contribution is -2.18. The zero-order chi connectivity index (χ0) is 6.78. The summed E-state index contributed by atoms with van der Waals surface area (Å²) in [6.07, 6.45) is 0.156. The van der Waals surface area contributed by atoms with Gasteiger partial charge in [0.15, 0.2) is 0 Å². The first-order valence-electron chi connectivity index (χ1n) is 2.72. The number of ketones is 1. The van der Waals surface area contributed by atoms with Gasteiger partial charge in [-0.25, -0.2) is 0 Å². The van der Waals surface area contributed by atoms with Gasteiger partial charge in [0.1, 0.15) is 5.78 Å². The average molecular weight is 110 g/mol. The molecule has 0 aromatic rings. The molecule has 0 aliphatic carbocycles. The van der Waals surface area contributed by atoms with Crippen molar-refractivity contribution in [1.29, 1.82) is 0 Å². The molecular formula is C6H11BO. The molecule has 0 saturated heterocycles. The van der Waals surface area contributed by atoms with Crippen LogP contribution in [0, 0.1) is 5.41 Å². The summed E-state index contributed by atoms with van der Waals surface area (Å²) in [5.74, 6) is 0.109. The molecule has 0 aromatic heterocycles. The van der Waals surface area contributed by atoms with Crippen LogP contribution in [-0.2, 0) is 4.79 Å². The Labute approximate surface area is 51.9 Å². The van der Waals surface area contributed by atoms with Crippen LogP contribution in [0.25, 0.3) is 0 Å². The van der Waals surface area contributed by atoms with Crippen molar-refractivity contribution in [2.75, 3.05) is 0 Å². The Hall–Kier alpha value is -0.265. The molecule has 0 fully saturated rings. The zero-order valence-corrected chi connectivity index (χ0v) is 5.69. The fraction of sp³-hybridized carbons (Fsp3) is 0.833. The van der Waals surface area contributed by atoms with Gasteiger partial charge in [0.05, 0.1) is 7.85 Å². The molecule has 0 aromatic carbocycles. The summed E-state index contributed by atoms with van der Waals surface area (Å²) in [4.78, 5) is 10.7. The molecule has 0 aliphatic heterocycles. The predicted octanol–water partition coefficient (Wildman–Crippen LogP) is 1.19. The molecule has 0 N–H and O–H groups in total. The van der Waals surface area contributed by atoms with E-state index in [0.717, 1.165) is 0 Å². The van der Waals surface area contributed by atoms with Gasteiger partial charge < -0.3 is 0 Å². The minimum atomic E-state index is -0.255. The Balaban J connectivity index is 3.82. The maximum Gasteiger partial charge on any atom is 0.129 e. The van der Waals surface area contributed by atoms with E-state index in [1.807, 2.05) is 20.8 Å². The van der Waals surface area contributed by atoms with Gasteiger partial charge in [0.2, 0.25) is 0 Å². The number of carbonyl (C=O) groups excluding carboxylic acids is 1. The second kappa shape index (κ2) is 2.34. The van der Waals surface area contributed by atoms with Crippen molar-refractivity contribution < 1.29 is 4.79 Å². The molecule has 8 heavy (non-hydrogen) atoms. The number of hydrogen-bond donors (Lipinski definition) is 0. The van der Waals surface area contributed by atoms with Gasteiger partial charge in [-0.15, -0.1) is 0 Å². The van der Waals surface area contributed by atoms with Gasteiger partial charge in [0, 0.05) is 5.41 Å². The summed E-state index contributed by atoms with van der Waals surface area (Å²) in [5, 5.41) is 0. The van der Waals surface area contributed by atoms with Crippen LogP contribution in [0.15, 0.2) is 0 Å². The molecule has 0 atom stereocenters. The first-order chi connectivity index (χ1) is 3.48. The van der Waals surface area contributed by atoms with E-state index in [0.29, 0.717) is 0 Å². The van der Waals surface area contributed by atoms with Crippen LogP contribution < -0.4 is 0 Å². The highest BCUT2D eigenvalue weighted by molar-refractivity contribution is 6.21. The quantitative estimate of drug-likeness (QED) is 0.463. The standard InChI is InChI=1S/C6H11BO/c1-6(2,3)5(8)4-7/h4H2,1-3H3. The third-order valence-corrected chi connectivity index (χ3v) is 1.02. The molecule has 0 amide bonds. The molecular weight excluding hydrogens is 98.9 g/mol. The second-order valence-electron chi connectivity index (χ2n) is 2.88. The minimum absolute atomic E-state index is 0.109. The van der Waals surface area contributed by atoms with E-state index in [1.54, 1.807) is 0 Å². The minimum Gasteiger partial charge on any atom is -0.300 e. The molecule has 1 nitrogen and oxygen atoms in total. The summed E-state index contributed by atoms with van der Waals surface area (Å²) >= 11 is 0. The van der Waals surface area contributed by atoms with Crippen LogP contribution in [0.5, 0.6) is 0 Å². The van der Waals surface area contributed by atoms with Gasteiger partial charge in [-0.3, -0.25) is 4.79 Å². The fourth-order valence-electron chi connectivity index (χ4n) is 0.306. The Morgan fingerprint density at radius 2 is 1.88 bits per heavy atom. The first kappa shape index (κ1) is 7.73. The largest absolute Gasteiger partial charge is 0.300 e. The SMILES string of the molecule is [B]CC(=O)C(C)(C)C. The molecule has 0 aliphatic rings. The summed E-state index contributed by atoms with van der Waals surface area (Å²) in [7, 11) is 5.11. The average Bonchev–Trinajstić information content (AvgIpc) is 1.62. The molecule has 0 rings (SSSR count). The van der Waals surface area contributed by atoms with E-state index in [2.05, 4.69) is 0 Å². The van der Waals surface area contributed by atoms with Crippen molar-refractivity contribution in [3.05, 3.63) is 0 Å². The molecule has 44 valence electrons. The van der Waals surface area contributed by atoms with Crippen LogP contribution in [0.1, 0.15) is 20.8 Å². The van der Waals surface area contributed by atoms with Crippen LogP contribution in [-0.4, -0.2) is 13.6 Å². The van der Waals surface area contributed by atoms with E-state index in [4.69, 9.17) is 7.85 Å². The van der Waals surface area contributed by atoms with Gasteiger partial charge in [0.25, 0.3) is 0 Å². The normalized spacial score (nSPS) is 11.4. The molecule has 0 bridgehead atoms. The Bertz CT molecular complexity index is 91.2. The molecule has 0 unspecified atom stereocenters. The monoisotopic (exact) mass is 110 g/mol. The maximum atomic E-state index is 10.7. The zero-order valence-electron chi connectivity index (χ0n) is 5.69. The topological polar surface area (TPSA) is 17.1 Å². The third-order valence-electron chi connectivity index (χ3n) is 1.02. The van der Waals surface area contributed by atoms with Gasteiger partial charge in [-0.1, -0.05) is 20.8 Å². The van der Waals surface area contributed by atoms with Gasteiger partial charge in [-0.2, -0.15) is 0 Å². The van der Waals surface area contributed by atoms with Crippen LogP contribution in [0.4, 0.5) is 0 Å². The number of Topliss-reactive ketones (excluding diaryl/α,β-unsaturated/α-hetero) is 1.